The molecule has 0 aliphatic rings. The van der Waals surface area contributed by atoms with Crippen LogP contribution in [0.25, 0.3) is 0 Å². The van der Waals surface area contributed by atoms with E-state index in [2.05, 4.69) is 48.3 Å². The number of hydrogen-bond acceptors (Lipinski definition) is 4. The van der Waals surface area contributed by atoms with Gasteiger partial charge >= 0.3 is 0 Å². The van der Waals surface area contributed by atoms with Gasteiger partial charge in [0.15, 0.2) is 0 Å². The second kappa shape index (κ2) is 5.80. The molecule has 2 rings (SSSR count). The molecule has 0 saturated carbocycles. The van der Waals surface area contributed by atoms with Gasteiger partial charge in [-0.3, -0.25) is 0 Å². The van der Waals surface area contributed by atoms with E-state index >= 15 is 0 Å². The second-order valence-electron chi connectivity index (χ2n) is 3.56. The molecular formula is C11H11BrClN3S. The Morgan fingerprint density at radius 1 is 1.53 bits per heavy atom. The van der Waals surface area contributed by atoms with Crippen LogP contribution >= 0.6 is 38.9 Å². The number of anilines is 1. The lowest BCUT2D eigenvalue weighted by Crippen LogP contribution is -2.21. The van der Waals surface area contributed by atoms with Crippen LogP contribution in [0.2, 0.25) is 5.28 Å². The molecule has 0 atom stereocenters. The third-order valence-electron chi connectivity index (χ3n) is 2.33. The molecule has 0 fully saturated rings. The van der Waals surface area contributed by atoms with Crippen molar-refractivity contribution in [3.05, 3.63) is 38.3 Å². The van der Waals surface area contributed by atoms with Crippen molar-refractivity contribution in [2.24, 2.45) is 0 Å². The molecule has 0 amide bonds. The summed E-state index contributed by atoms with van der Waals surface area (Å²) >= 11 is 11.0. The maximum absolute atomic E-state index is 5.79. The Morgan fingerprint density at radius 2 is 2.35 bits per heavy atom. The predicted octanol–water partition coefficient (Wildman–Crippen LogP) is 3.63. The summed E-state index contributed by atoms with van der Waals surface area (Å²) in [5.41, 5.74) is 0. The molecule has 6 heteroatoms. The van der Waals surface area contributed by atoms with E-state index in [0.717, 1.165) is 23.3 Å². The highest BCUT2D eigenvalue weighted by atomic mass is 79.9. The average molecular weight is 333 g/mol. The Bertz CT molecular complexity index is 489. The summed E-state index contributed by atoms with van der Waals surface area (Å²) in [6.07, 6.45) is 2.68. The number of halogens is 2. The van der Waals surface area contributed by atoms with Crippen molar-refractivity contribution in [1.82, 2.24) is 9.97 Å². The van der Waals surface area contributed by atoms with E-state index in [1.54, 1.807) is 17.5 Å². The van der Waals surface area contributed by atoms with E-state index in [4.69, 9.17) is 11.6 Å². The molecule has 0 unspecified atom stereocenters. The molecular weight excluding hydrogens is 322 g/mol. The minimum Gasteiger partial charge on any atom is -0.358 e. The zero-order chi connectivity index (χ0) is 12.3. The van der Waals surface area contributed by atoms with Crippen LogP contribution in [0, 0.1) is 0 Å². The molecule has 0 radical (unpaired) electrons. The number of aromatic nitrogens is 2. The van der Waals surface area contributed by atoms with Gasteiger partial charge in [0, 0.05) is 24.7 Å². The molecule has 2 aromatic heterocycles. The minimum absolute atomic E-state index is 0.270. The zero-order valence-corrected chi connectivity index (χ0v) is 12.4. The molecule has 0 aliphatic carbocycles. The summed E-state index contributed by atoms with van der Waals surface area (Å²) in [4.78, 5) is 11.6. The fraction of sp³-hybridized carbons (Fsp3) is 0.273. The minimum atomic E-state index is 0.270. The second-order valence-corrected chi connectivity index (χ2v) is 5.79. The first-order valence-electron chi connectivity index (χ1n) is 5.08. The first kappa shape index (κ1) is 12.8. The van der Waals surface area contributed by atoms with E-state index in [1.165, 1.54) is 4.88 Å². The van der Waals surface area contributed by atoms with Gasteiger partial charge in [-0.1, -0.05) is 6.07 Å². The highest BCUT2D eigenvalue weighted by Crippen LogP contribution is 2.23. The van der Waals surface area contributed by atoms with Crippen molar-refractivity contribution in [3.8, 4) is 0 Å². The number of hydrogen-bond donors (Lipinski definition) is 0. The normalized spacial score (nSPS) is 10.5. The highest BCUT2D eigenvalue weighted by Gasteiger charge is 2.09. The quantitative estimate of drug-likeness (QED) is 0.801. The van der Waals surface area contributed by atoms with Crippen LogP contribution in [-0.4, -0.2) is 23.6 Å². The summed E-state index contributed by atoms with van der Waals surface area (Å²) in [7, 11) is 2.00. The van der Waals surface area contributed by atoms with Gasteiger partial charge in [-0.15, -0.1) is 11.3 Å². The van der Waals surface area contributed by atoms with Crippen molar-refractivity contribution >= 4 is 44.7 Å². The van der Waals surface area contributed by atoms with Crippen LogP contribution in [0.3, 0.4) is 0 Å². The van der Waals surface area contributed by atoms with E-state index < -0.39 is 0 Å². The van der Waals surface area contributed by atoms with Crippen molar-refractivity contribution in [1.29, 1.82) is 0 Å². The van der Waals surface area contributed by atoms with Gasteiger partial charge in [0.05, 0.1) is 4.47 Å². The number of likely N-dealkylation sites (N-methyl/N-ethyl adjacent to an activating group) is 1. The number of nitrogens with zero attached hydrogens (tertiary/aromatic N) is 3. The predicted molar refractivity (Wildman–Crippen MR) is 76.0 cm³/mol. The van der Waals surface area contributed by atoms with Crippen molar-refractivity contribution in [2.75, 3.05) is 18.5 Å². The summed E-state index contributed by atoms with van der Waals surface area (Å²) in [5.74, 6) is 0.821. The van der Waals surface area contributed by atoms with Crippen LogP contribution in [0.1, 0.15) is 4.88 Å². The molecule has 0 N–H and O–H groups in total. The topological polar surface area (TPSA) is 29.0 Å². The fourth-order valence-corrected chi connectivity index (χ4v) is 2.76. The van der Waals surface area contributed by atoms with Gasteiger partial charge in [0.1, 0.15) is 5.82 Å². The Balaban J connectivity index is 2.04. The van der Waals surface area contributed by atoms with Crippen LogP contribution in [0.4, 0.5) is 5.82 Å². The molecule has 0 spiro atoms. The molecule has 3 nitrogen and oxygen atoms in total. The molecule has 90 valence electrons. The van der Waals surface area contributed by atoms with Crippen molar-refractivity contribution < 1.29 is 0 Å². The monoisotopic (exact) mass is 331 g/mol. The molecule has 0 saturated heterocycles. The maximum Gasteiger partial charge on any atom is 0.224 e. The number of thiophene rings is 1. The molecule has 2 heterocycles. The maximum atomic E-state index is 5.79. The molecule has 0 aliphatic heterocycles. The van der Waals surface area contributed by atoms with Gasteiger partial charge in [0.25, 0.3) is 0 Å². The van der Waals surface area contributed by atoms with Crippen LogP contribution < -0.4 is 4.90 Å². The molecule has 2 aromatic rings. The molecule has 0 bridgehead atoms. The molecule has 17 heavy (non-hydrogen) atoms. The van der Waals surface area contributed by atoms with E-state index in [9.17, 15) is 0 Å². The third-order valence-corrected chi connectivity index (χ3v) is 4.01. The van der Waals surface area contributed by atoms with E-state index in [1.807, 2.05) is 7.05 Å². The van der Waals surface area contributed by atoms with Gasteiger partial charge in [-0.2, -0.15) is 4.98 Å². The summed E-state index contributed by atoms with van der Waals surface area (Å²) < 4.78 is 0.857. The van der Waals surface area contributed by atoms with Crippen LogP contribution in [-0.2, 0) is 6.42 Å². The summed E-state index contributed by atoms with van der Waals surface area (Å²) in [6, 6.07) is 4.21. The number of rotatable bonds is 4. The van der Waals surface area contributed by atoms with Gasteiger partial charge in [-0.05, 0) is 45.4 Å². The molecule has 0 aromatic carbocycles. The lowest BCUT2D eigenvalue weighted by atomic mass is 10.3. The zero-order valence-electron chi connectivity index (χ0n) is 9.23. The first-order valence-corrected chi connectivity index (χ1v) is 7.13. The lowest BCUT2D eigenvalue weighted by molar-refractivity contribution is 0.861. The average Bonchev–Trinajstić information content (AvgIpc) is 2.82. The highest BCUT2D eigenvalue weighted by molar-refractivity contribution is 9.10. The van der Waals surface area contributed by atoms with Gasteiger partial charge in [-0.25, -0.2) is 4.98 Å². The Kier molecular flexibility index (Phi) is 4.36. The Hall–Kier alpha value is -0.650. The standard InChI is InChI=1S/C11H11BrClN3S/c1-16(5-4-8-3-2-6-17-8)10-9(12)7-14-11(13)15-10/h2-3,6-7H,4-5H2,1H3. The SMILES string of the molecule is CN(CCc1cccs1)c1nc(Cl)ncc1Br. The Labute approximate surface area is 118 Å². The van der Waals surface area contributed by atoms with Gasteiger partial charge in [0.2, 0.25) is 5.28 Å². The van der Waals surface area contributed by atoms with Crippen molar-refractivity contribution in [3.63, 3.8) is 0 Å². The van der Waals surface area contributed by atoms with Crippen molar-refractivity contribution in [2.45, 2.75) is 6.42 Å². The smallest absolute Gasteiger partial charge is 0.224 e. The summed E-state index contributed by atoms with van der Waals surface area (Å²) in [6.45, 7) is 0.895. The van der Waals surface area contributed by atoms with Gasteiger partial charge < -0.3 is 4.90 Å². The lowest BCUT2D eigenvalue weighted by Gasteiger charge is -2.18. The Morgan fingerprint density at radius 3 is 3.06 bits per heavy atom. The van der Waals surface area contributed by atoms with E-state index in [0.29, 0.717) is 0 Å². The fourth-order valence-electron chi connectivity index (χ4n) is 1.44. The largest absolute Gasteiger partial charge is 0.358 e. The first-order chi connectivity index (χ1) is 8.16. The van der Waals surface area contributed by atoms with Crippen LogP contribution in [0.5, 0.6) is 0 Å². The van der Waals surface area contributed by atoms with E-state index in [-0.39, 0.29) is 5.28 Å². The third kappa shape index (κ3) is 3.40. The summed E-state index contributed by atoms with van der Waals surface area (Å²) in [5, 5.41) is 2.36. The van der Waals surface area contributed by atoms with Crippen LogP contribution in [0.15, 0.2) is 28.2 Å².